The number of allylic oxidation sites excluding steroid dienone is 2. The minimum atomic E-state index is 0.242. The van der Waals surface area contributed by atoms with Gasteiger partial charge in [0.1, 0.15) is 0 Å². The Hall–Kier alpha value is -1.90. The Morgan fingerprint density at radius 1 is 1.25 bits per heavy atom. The zero-order chi connectivity index (χ0) is 11.0. The predicted octanol–water partition coefficient (Wildman–Crippen LogP) is 2.70. The van der Waals surface area contributed by atoms with Crippen molar-refractivity contribution in [2.75, 3.05) is 0 Å². The lowest BCUT2D eigenvalue weighted by Crippen LogP contribution is -2.01. The Balaban J connectivity index is 2.08. The van der Waals surface area contributed by atoms with Crippen LogP contribution in [0.5, 0.6) is 0 Å². The van der Waals surface area contributed by atoms with Crippen LogP contribution in [-0.4, -0.2) is 15.8 Å². The summed E-state index contributed by atoms with van der Waals surface area (Å²) in [6, 6.07) is 6.08. The fraction of sp³-hybridized carbons (Fsp3) is 0.231. The summed E-state index contributed by atoms with van der Waals surface area (Å²) in [5.41, 5.74) is 4.26. The van der Waals surface area contributed by atoms with Gasteiger partial charge in [-0.3, -0.25) is 4.79 Å². The summed E-state index contributed by atoms with van der Waals surface area (Å²) in [4.78, 5) is 18.6. The van der Waals surface area contributed by atoms with Crippen LogP contribution in [0.4, 0.5) is 0 Å². The molecule has 0 radical (unpaired) electrons. The number of hydrogen-bond donors (Lipinski definition) is 1. The summed E-state index contributed by atoms with van der Waals surface area (Å²) >= 11 is 0. The minimum Gasteiger partial charge on any atom is -0.345 e. The second kappa shape index (κ2) is 3.59. The van der Waals surface area contributed by atoms with E-state index in [1.165, 1.54) is 0 Å². The van der Waals surface area contributed by atoms with Gasteiger partial charge in [0, 0.05) is 6.42 Å². The van der Waals surface area contributed by atoms with Crippen molar-refractivity contribution in [2.24, 2.45) is 0 Å². The molecular formula is C13H12N2O. The standard InChI is InChI=1S/C13H12N2O/c16-11-3-1-2-9(6-11)10-4-5-12-13(7-10)15-8-14-12/h4-8H,1-3H2,(H,14,15). The molecule has 0 saturated carbocycles. The van der Waals surface area contributed by atoms with Crippen molar-refractivity contribution in [3.63, 3.8) is 0 Å². The van der Waals surface area contributed by atoms with E-state index in [1.54, 1.807) is 12.4 Å². The van der Waals surface area contributed by atoms with E-state index in [4.69, 9.17) is 0 Å². The predicted molar refractivity (Wildman–Crippen MR) is 62.9 cm³/mol. The molecule has 0 unspecified atom stereocenters. The van der Waals surface area contributed by atoms with Crippen LogP contribution in [0.3, 0.4) is 0 Å². The molecule has 0 bridgehead atoms. The van der Waals surface area contributed by atoms with E-state index in [0.29, 0.717) is 6.42 Å². The highest BCUT2D eigenvalue weighted by molar-refractivity contribution is 5.99. The van der Waals surface area contributed by atoms with Crippen molar-refractivity contribution >= 4 is 22.4 Å². The number of nitrogens with one attached hydrogen (secondary N) is 1. The molecule has 0 saturated heterocycles. The van der Waals surface area contributed by atoms with E-state index < -0.39 is 0 Å². The molecule has 3 heteroatoms. The Morgan fingerprint density at radius 3 is 3.06 bits per heavy atom. The van der Waals surface area contributed by atoms with Crippen LogP contribution in [0.2, 0.25) is 0 Å². The third-order valence-electron chi connectivity index (χ3n) is 3.00. The number of fused-ring (bicyclic) bond motifs is 1. The van der Waals surface area contributed by atoms with Gasteiger partial charge >= 0.3 is 0 Å². The monoisotopic (exact) mass is 212 g/mol. The van der Waals surface area contributed by atoms with Crippen molar-refractivity contribution in [3.8, 4) is 0 Å². The van der Waals surface area contributed by atoms with Gasteiger partial charge in [-0.1, -0.05) is 6.07 Å². The summed E-state index contributed by atoms with van der Waals surface area (Å²) in [6.07, 6.45) is 6.11. The van der Waals surface area contributed by atoms with Crippen LogP contribution in [0.15, 0.2) is 30.6 Å². The number of hydrogen-bond acceptors (Lipinski definition) is 2. The topological polar surface area (TPSA) is 45.8 Å². The van der Waals surface area contributed by atoms with Gasteiger partial charge in [0.25, 0.3) is 0 Å². The van der Waals surface area contributed by atoms with E-state index in [0.717, 1.165) is 35.0 Å². The van der Waals surface area contributed by atoms with Crippen LogP contribution in [0, 0.1) is 0 Å². The molecule has 0 aliphatic heterocycles. The summed E-state index contributed by atoms with van der Waals surface area (Å²) in [5, 5.41) is 0. The fourth-order valence-electron chi connectivity index (χ4n) is 2.15. The van der Waals surface area contributed by atoms with Crippen LogP contribution in [-0.2, 0) is 4.79 Å². The first-order valence-corrected chi connectivity index (χ1v) is 5.50. The quantitative estimate of drug-likeness (QED) is 0.789. The number of carbonyl (C=O) groups is 1. The van der Waals surface area contributed by atoms with Crippen molar-refractivity contribution in [1.29, 1.82) is 0 Å². The first-order valence-electron chi connectivity index (χ1n) is 5.50. The Bertz CT molecular complexity index is 580. The lowest BCUT2D eigenvalue weighted by molar-refractivity contribution is -0.114. The molecule has 2 aromatic rings. The molecule has 80 valence electrons. The Kier molecular flexibility index (Phi) is 2.10. The van der Waals surface area contributed by atoms with E-state index in [-0.39, 0.29) is 5.78 Å². The van der Waals surface area contributed by atoms with Crippen LogP contribution in [0.1, 0.15) is 24.8 Å². The van der Waals surface area contributed by atoms with E-state index in [9.17, 15) is 4.79 Å². The Morgan fingerprint density at radius 2 is 2.19 bits per heavy atom. The van der Waals surface area contributed by atoms with Crippen LogP contribution >= 0.6 is 0 Å². The first-order chi connectivity index (χ1) is 7.83. The average molecular weight is 212 g/mol. The summed E-state index contributed by atoms with van der Waals surface area (Å²) in [5.74, 6) is 0.242. The zero-order valence-corrected chi connectivity index (χ0v) is 8.86. The van der Waals surface area contributed by atoms with Gasteiger partial charge in [-0.15, -0.1) is 0 Å². The highest BCUT2D eigenvalue weighted by atomic mass is 16.1. The molecule has 1 heterocycles. The van der Waals surface area contributed by atoms with Gasteiger partial charge in [-0.25, -0.2) is 4.98 Å². The number of benzene rings is 1. The molecule has 0 fully saturated rings. The molecule has 1 aromatic carbocycles. The number of carbonyl (C=O) groups excluding carboxylic acids is 1. The number of aromatic amines is 1. The second-order valence-corrected chi connectivity index (χ2v) is 4.12. The first kappa shape index (κ1) is 9.33. The maximum Gasteiger partial charge on any atom is 0.155 e. The molecule has 1 aliphatic rings. The third-order valence-corrected chi connectivity index (χ3v) is 3.00. The molecule has 0 atom stereocenters. The van der Waals surface area contributed by atoms with Gasteiger partial charge in [-0.2, -0.15) is 0 Å². The summed E-state index contributed by atoms with van der Waals surface area (Å²) in [6.45, 7) is 0. The molecule has 3 rings (SSSR count). The molecule has 3 nitrogen and oxygen atoms in total. The molecule has 1 N–H and O–H groups in total. The lowest BCUT2D eigenvalue weighted by Gasteiger charge is -2.11. The maximum absolute atomic E-state index is 11.4. The van der Waals surface area contributed by atoms with Gasteiger partial charge in [0.2, 0.25) is 0 Å². The molecule has 1 aliphatic carbocycles. The van der Waals surface area contributed by atoms with Gasteiger partial charge < -0.3 is 4.98 Å². The average Bonchev–Trinajstić information content (AvgIpc) is 2.75. The number of imidazole rings is 1. The largest absolute Gasteiger partial charge is 0.345 e. The van der Waals surface area contributed by atoms with Crippen molar-refractivity contribution in [3.05, 3.63) is 36.2 Å². The molecule has 0 spiro atoms. The number of aromatic nitrogens is 2. The minimum absolute atomic E-state index is 0.242. The number of rotatable bonds is 1. The van der Waals surface area contributed by atoms with Gasteiger partial charge in [0.15, 0.2) is 5.78 Å². The van der Waals surface area contributed by atoms with Gasteiger partial charge in [-0.05, 0) is 42.2 Å². The maximum atomic E-state index is 11.4. The second-order valence-electron chi connectivity index (χ2n) is 4.12. The molecule has 1 aromatic heterocycles. The van der Waals surface area contributed by atoms with E-state index in [2.05, 4.69) is 16.0 Å². The lowest BCUT2D eigenvalue weighted by atomic mass is 9.93. The number of H-pyrrole nitrogens is 1. The number of nitrogens with zero attached hydrogens (tertiary/aromatic N) is 1. The molecular weight excluding hydrogens is 200 g/mol. The fourth-order valence-corrected chi connectivity index (χ4v) is 2.15. The van der Waals surface area contributed by atoms with Gasteiger partial charge in [0.05, 0.1) is 17.4 Å². The van der Waals surface area contributed by atoms with Crippen molar-refractivity contribution < 1.29 is 4.79 Å². The third kappa shape index (κ3) is 1.54. The van der Waals surface area contributed by atoms with Crippen molar-refractivity contribution in [2.45, 2.75) is 19.3 Å². The normalized spacial score (nSPS) is 16.5. The highest BCUT2D eigenvalue weighted by Crippen LogP contribution is 2.26. The molecule has 16 heavy (non-hydrogen) atoms. The zero-order valence-electron chi connectivity index (χ0n) is 8.86. The number of ketones is 1. The smallest absolute Gasteiger partial charge is 0.155 e. The summed E-state index contributed by atoms with van der Waals surface area (Å²) < 4.78 is 0. The van der Waals surface area contributed by atoms with E-state index in [1.807, 2.05) is 12.1 Å². The Labute approximate surface area is 93.2 Å². The molecule has 0 amide bonds. The van der Waals surface area contributed by atoms with Crippen molar-refractivity contribution in [1.82, 2.24) is 9.97 Å². The highest BCUT2D eigenvalue weighted by Gasteiger charge is 2.11. The van der Waals surface area contributed by atoms with Crippen LogP contribution in [0.25, 0.3) is 16.6 Å². The SMILES string of the molecule is O=C1C=C(c2ccc3nc[nH]c3c2)CCC1. The van der Waals surface area contributed by atoms with E-state index >= 15 is 0 Å². The van der Waals surface area contributed by atoms with Crippen LogP contribution < -0.4 is 0 Å². The summed E-state index contributed by atoms with van der Waals surface area (Å²) in [7, 11) is 0.